The molecule has 0 fully saturated rings. The first kappa shape index (κ1) is 22.5. The second kappa shape index (κ2) is 10.6. The molecule has 5 heteroatoms. The molecule has 0 aliphatic heterocycles. The molecule has 2 aromatic carbocycles. The zero-order valence-corrected chi connectivity index (χ0v) is 18.1. The minimum absolute atomic E-state index is 0.0723. The number of nitrogens with zero attached hydrogens (tertiary/aromatic N) is 1. The quantitative estimate of drug-likeness (QED) is 0.701. The number of aryl methyl sites for hydroxylation is 2. The second-order valence-corrected chi connectivity index (χ2v) is 7.51. The summed E-state index contributed by atoms with van der Waals surface area (Å²) in [6, 6.07) is 13.2. The number of carbonyl (C=O) groups excluding carboxylic acids is 2. The molecule has 0 saturated heterocycles. The third-order valence-electron chi connectivity index (χ3n) is 4.84. The van der Waals surface area contributed by atoms with Crippen molar-refractivity contribution >= 4 is 11.8 Å². The maximum atomic E-state index is 13.2. The number of rotatable bonds is 9. The van der Waals surface area contributed by atoms with Crippen LogP contribution >= 0.6 is 0 Å². The van der Waals surface area contributed by atoms with Gasteiger partial charge in [-0.2, -0.15) is 0 Å². The van der Waals surface area contributed by atoms with Crippen molar-refractivity contribution in [3.05, 3.63) is 64.7 Å². The van der Waals surface area contributed by atoms with E-state index in [1.54, 1.807) is 18.9 Å². The van der Waals surface area contributed by atoms with Crippen molar-refractivity contribution in [1.29, 1.82) is 0 Å². The first-order valence-electron chi connectivity index (χ1n) is 10.1. The van der Waals surface area contributed by atoms with Gasteiger partial charge in [-0.3, -0.25) is 9.59 Å². The minimum Gasteiger partial charge on any atom is -0.497 e. The van der Waals surface area contributed by atoms with Gasteiger partial charge in [0.2, 0.25) is 11.8 Å². The van der Waals surface area contributed by atoms with Crippen LogP contribution in [0.15, 0.2) is 42.5 Å². The van der Waals surface area contributed by atoms with Gasteiger partial charge in [-0.05, 0) is 50.5 Å². The Morgan fingerprint density at radius 2 is 1.76 bits per heavy atom. The van der Waals surface area contributed by atoms with E-state index >= 15 is 0 Å². The summed E-state index contributed by atoms with van der Waals surface area (Å²) in [7, 11) is 1.61. The van der Waals surface area contributed by atoms with E-state index in [1.165, 1.54) is 0 Å². The first-order chi connectivity index (χ1) is 13.8. The van der Waals surface area contributed by atoms with Crippen LogP contribution in [0.3, 0.4) is 0 Å². The van der Waals surface area contributed by atoms with Crippen molar-refractivity contribution in [2.45, 2.75) is 53.1 Å². The summed E-state index contributed by atoms with van der Waals surface area (Å²) in [4.78, 5) is 27.5. The first-order valence-corrected chi connectivity index (χ1v) is 10.1. The second-order valence-electron chi connectivity index (χ2n) is 7.51. The Morgan fingerprint density at radius 1 is 1.07 bits per heavy atom. The average molecular weight is 397 g/mol. The molecular formula is C24H32N2O3. The van der Waals surface area contributed by atoms with Crippen molar-refractivity contribution < 1.29 is 14.3 Å². The fourth-order valence-electron chi connectivity index (χ4n) is 3.39. The Hall–Kier alpha value is -2.82. The Kier molecular flexibility index (Phi) is 8.25. The van der Waals surface area contributed by atoms with Gasteiger partial charge in [-0.15, -0.1) is 0 Å². The van der Waals surface area contributed by atoms with Crippen LogP contribution < -0.4 is 10.1 Å². The standard InChI is InChI=1S/C24H32N2O3/c1-6-10-25-24(28)19(4)26(16-20-8-7-9-22(14-20)29-5)23(27)15-21-12-17(2)11-18(3)13-21/h7-9,11-14,19H,6,10,15-16H2,1-5H3,(H,25,28). The number of carbonyl (C=O) groups is 2. The molecule has 29 heavy (non-hydrogen) atoms. The van der Waals surface area contributed by atoms with Gasteiger partial charge in [-0.25, -0.2) is 0 Å². The van der Waals surface area contributed by atoms with E-state index in [2.05, 4.69) is 11.4 Å². The fourth-order valence-corrected chi connectivity index (χ4v) is 3.39. The third kappa shape index (κ3) is 6.63. The maximum absolute atomic E-state index is 13.2. The topological polar surface area (TPSA) is 58.6 Å². The van der Waals surface area contributed by atoms with Gasteiger partial charge in [0.1, 0.15) is 11.8 Å². The van der Waals surface area contributed by atoms with Crippen LogP contribution in [-0.2, 0) is 22.6 Å². The summed E-state index contributed by atoms with van der Waals surface area (Å²) in [5, 5.41) is 2.90. The molecule has 5 nitrogen and oxygen atoms in total. The molecule has 0 aromatic heterocycles. The Balaban J connectivity index is 2.26. The Bertz CT molecular complexity index is 828. The van der Waals surface area contributed by atoms with Gasteiger partial charge in [-0.1, -0.05) is 48.4 Å². The Morgan fingerprint density at radius 3 is 2.38 bits per heavy atom. The highest BCUT2D eigenvalue weighted by molar-refractivity contribution is 5.88. The van der Waals surface area contributed by atoms with Crippen LogP contribution in [0.2, 0.25) is 0 Å². The highest BCUT2D eigenvalue weighted by atomic mass is 16.5. The lowest BCUT2D eigenvalue weighted by molar-refractivity contribution is -0.140. The molecule has 156 valence electrons. The summed E-state index contributed by atoms with van der Waals surface area (Å²) in [5.41, 5.74) is 4.14. The summed E-state index contributed by atoms with van der Waals surface area (Å²) in [6.07, 6.45) is 1.11. The summed E-state index contributed by atoms with van der Waals surface area (Å²) >= 11 is 0. The van der Waals surface area contributed by atoms with Crippen LogP contribution in [-0.4, -0.2) is 36.4 Å². The third-order valence-corrected chi connectivity index (χ3v) is 4.84. The SMILES string of the molecule is CCCNC(=O)C(C)N(Cc1cccc(OC)c1)C(=O)Cc1cc(C)cc(C)c1. The van der Waals surface area contributed by atoms with E-state index in [4.69, 9.17) is 4.74 Å². The maximum Gasteiger partial charge on any atom is 0.242 e. The van der Waals surface area contributed by atoms with Gasteiger partial charge < -0.3 is 15.0 Å². The number of amides is 2. The van der Waals surface area contributed by atoms with Gasteiger partial charge in [0.15, 0.2) is 0 Å². The lowest BCUT2D eigenvalue weighted by Gasteiger charge is -2.29. The van der Waals surface area contributed by atoms with Gasteiger partial charge in [0, 0.05) is 13.1 Å². The van der Waals surface area contributed by atoms with E-state index in [1.807, 2.05) is 57.2 Å². The van der Waals surface area contributed by atoms with Crippen LogP contribution in [0, 0.1) is 13.8 Å². The van der Waals surface area contributed by atoms with Crippen LogP contribution in [0.25, 0.3) is 0 Å². The van der Waals surface area contributed by atoms with Crippen LogP contribution in [0.4, 0.5) is 0 Å². The number of hydrogen-bond acceptors (Lipinski definition) is 3. The molecule has 2 amide bonds. The molecule has 0 heterocycles. The molecule has 0 aliphatic rings. The molecule has 1 atom stereocenters. The number of nitrogens with one attached hydrogen (secondary N) is 1. The monoisotopic (exact) mass is 396 g/mol. The number of benzene rings is 2. The number of ether oxygens (including phenoxy) is 1. The predicted octanol–water partition coefficient (Wildman–Crippen LogP) is 3.80. The van der Waals surface area contributed by atoms with E-state index in [9.17, 15) is 9.59 Å². The molecule has 1 unspecified atom stereocenters. The van der Waals surface area contributed by atoms with E-state index in [0.29, 0.717) is 13.1 Å². The van der Waals surface area contributed by atoms with Crippen molar-refractivity contribution in [3.8, 4) is 5.75 Å². The van der Waals surface area contributed by atoms with Gasteiger partial charge >= 0.3 is 0 Å². The highest BCUT2D eigenvalue weighted by Crippen LogP contribution is 2.18. The lowest BCUT2D eigenvalue weighted by Crippen LogP contribution is -2.48. The fraction of sp³-hybridized carbons (Fsp3) is 0.417. The molecule has 2 rings (SSSR count). The zero-order chi connectivity index (χ0) is 21.4. The lowest BCUT2D eigenvalue weighted by atomic mass is 10.0. The average Bonchev–Trinajstić information content (AvgIpc) is 2.68. The minimum atomic E-state index is -0.564. The summed E-state index contributed by atoms with van der Waals surface area (Å²) < 4.78 is 5.30. The zero-order valence-electron chi connectivity index (χ0n) is 18.1. The molecule has 1 N–H and O–H groups in total. The van der Waals surface area contributed by atoms with Crippen molar-refractivity contribution in [2.24, 2.45) is 0 Å². The Labute approximate surface area is 174 Å². The number of hydrogen-bond donors (Lipinski definition) is 1. The molecule has 0 aliphatic carbocycles. The van der Waals surface area contributed by atoms with Gasteiger partial charge in [0.05, 0.1) is 13.5 Å². The van der Waals surface area contributed by atoms with Crippen LogP contribution in [0.1, 0.15) is 42.5 Å². The molecule has 0 saturated carbocycles. The van der Waals surface area contributed by atoms with Gasteiger partial charge in [0.25, 0.3) is 0 Å². The van der Waals surface area contributed by atoms with Crippen molar-refractivity contribution in [1.82, 2.24) is 10.2 Å². The molecule has 0 radical (unpaired) electrons. The smallest absolute Gasteiger partial charge is 0.242 e. The normalized spacial score (nSPS) is 11.6. The van der Waals surface area contributed by atoms with E-state index in [-0.39, 0.29) is 18.2 Å². The molecule has 0 bridgehead atoms. The largest absolute Gasteiger partial charge is 0.497 e. The van der Waals surface area contributed by atoms with Crippen LogP contribution in [0.5, 0.6) is 5.75 Å². The van der Waals surface area contributed by atoms with Crippen molar-refractivity contribution in [2.75, 3.05) is 13.7 Å². The molecule has 2 aromatic rings. The molecular weight excluding hydrogens is 364 g/mol. The number of methoxy groups -OCH3 is 1. The van der Waals surface area contributed by atoms with E-state index < -0.39 is 6.04 Å². The van der Waals surface area contributed by atoms with Crippen molar-refractivity contribution in [3.63, 3.8) is 0 Å². The highest BCUT2D eigenvalue weighted by Gasteiger charge is 2.26. The predicted molar refractivity (Wildman–Crippen MR) is 116 cm³/mol. The van der Waals surface area contributed by atoms with E-state index in [0.717, 1.165) is 34.4 Å². The summed E-state index contributed by atoms with van der Waals surface area (Å²) in [5.74, 6) is 0.521. The summed E-state index contributed by atoms with van der Waals surface area (Å²) in [6.45, 7) is 8.78. The molecule has 0 spiro atoms.